The molecule has 3 aromatic rings. The van der Waals surface area contributed by atoms with Crippen LogP contribution in [0.3, 0.4) is 0 Å². The predicted molar refractivity (Wildman–Crippen MR) is 92.9 cm³/mol. The highest BCUT2D eigenvalue weighted by Gasteiger charge is 2.22. The summed E-state index contributed by atoms with van der Waals surface area (Å²) in [6.45, 7) is 6.37. The molecule has 4 rings (SSSR count). The van der Waals surface area contributed by atoms with Crippen LogP contribution in [0.15, 0.2) is 29.1 Å². The molecule has 0 bridgehead atoms. The number of rotatable bonds is 3. The van der Waals surface area contributed by atoms with Gasteiger partial charge in [-0.3, -0.25) is 14.8 Å². The number of nitrogens with one attached hydrogen (secondary N) is 2. The fourth-order valence-electron chi connectivity index (χ4n) is 3.27. The maximum atomic E-state index is 12.4. The van der Waals surface area contributed by atoms with Gasteiger partial charge in [0, 0.05) is 37.4 Å². The Hall–Kier alpha value is -2.47. The van der Waals surface area contributed by atoms with Crippen LogP contribution in [0.25, 0.3) is 10.9 Å². The molecule has 0 saturated heterocycles. The number of hydrogen-bond donors (Lipinski definition) is 2. The first-order chi connectivity index (χ1) is 11.6. The summed E-state index contributed by atoms with van der Waals surface area (Å²) in [7, 11) is 0. The lowest BCUT2D eigenvalue weighted by Gasteiger charge is -2.27. The number of fused-ring (bicyclic) bond motifs is 2. The zero-order chi connectivity index (χ0) is 16.7. The van der Waals surface area contributed by atoms with Gasteiger partial charge in [-0.05, 0) is 6.07 Å². The van der Waals surface area contributed by atoms with Crippen molar-refractivity contribution < 1.29 is 0 Å². The minimum atomic E-state index is 0.00266. The summed E-state index contributed by atoms with van der Waals surface area (Å²) in [4.78, 5) is 22.3. The van der Waals surface area contributed by atoms with Crippen LogP contribution < -0.4 is 5.56 Å². The molecule has 2 aromatic heterocycles. The van der Waals surface area contributed by atoms with E-state index in [4.69, 9.17) is 0 Å². The molecule has 6 nitrogen and oxygen atoms in total. The van der Waals surface area contributed by atoms with E-state index in [0.29, 0.717) is 6.54 Å². The van der Waals surface area contributed by atoms with E-state index in [1.807, 2.05) is 32.0 Å². The molecule has 1 aromatic carbocycles. The quantitative estimate of drug-likeness (QED) is 0.775. The summed E-state index contributed by atoms with van der Waals surface area (Å²) in [5.74, 6) is 1.02. The largest absolute Gasteiger partial charge is 0.310 e. The summed E-state index contributed by atoms with van der Waals surface area (Å²) in [5, 5.41) is 8.62. The highest BCUT2D eigenvalue weighted by atomic mass is 16.1. The van der Waals surface area contributed by atoms with Crippen molar-refractivity contribution in [3.05, 3.63) is 57.4 Å². The maximum Gasteiger partial charge on any atom is 0.255 e. The van der Waals surface area contributed by atoms with Gasteiger partial charge < -0.3 is 4.98 Å². The van der Waals surface area contributed by atoms with Crippen LogP contribution in [0.4, 0.5) is 0 Å². The number of nitrogens with zero attached hydrogens (tertiary/aromatic N) is 3. The molecule has 1 aliphatic heterocycles. The second-order valence-electron chi connectivity index (χ2n) is 6.71. The first-order valence-corrected chi connectivity index (χ1v) is 8.38. The monoisotopic (exact) mass is 323 g/mol. The van der Waals surface area contributed by atoms with Crippen LogP contribution in [0.1, 0.15) is 42.5 Å². The van der Waals surface area contributed by atoms with Crippen LogP contribution in [0.2, 0.25) is 0 Å². The maximum absolute atomic E-state index is 12.4. The first kappa shape index (κ1) is 15.1. The summed E-state index contributed by atoms with van der Waals surface area (Å²) in [6, 6.07) is 8.09. The standard InChI is InChI=1S/C18H21N5O/c1-11(2)17-19-14-7-8-23(9-13(14)18(24)20-17)10-16-12-5-3-4-6-15(12)21-22-16/h3-6,11H,7-10H2,1-2H3,(H,21,22)(H,19,20,24). The molecule has 2 N–H and O–H groups in total. The van der Waals surface area contributed by atoms with Gasteiger partial charge in [0.15, 0.2) is 0 Å². The van der Waals surface area contributed by atoms with Crippen molar-refractivity contribution in [3.8, 4) is 0 Å². The third kappa shape index (κ3) is 2.63. The van der Waals surface area contributed by atoms with Gasteiger partial charge >= 0.3 is 0 Å². The highest BCUT2D eigenvalue weighted by Crippen LogP contribution is 2.21. The first-order valence-electron chi connectivity index (χ1n) is 8.38. The Morgan fingerprint density at radius 2 is 2.12 bits per heavy atom. The number of aromatic amines is 2. The van der Waals surface area contributed by atoms with Crippen molar-refractivity contribution >= 4 is 10.9 Å². The Morgan fingerprint density at radius 3 is 2.96 bits per heavy atom. The van der Waals surface area contributed by atoms with Crippen molar-refractivity contribution in [2.24, 2.45) is 0 Å². The summed E-state index contributed by atoms with van der Waals surface area (Å²) in [5.41, 5.74) is 3.83. The molecule has 3 heterocycles. The predicted octanol–water partition coefficient (Wildman–Crippen LogP) is 2.33. The Labute approximate surface area is 139 Å². The van der Waals surface area contributed by atoms with E-state index in [2.05, 4.69) is 31.1 Å². The van der Waals surface area contributed by atoms with Gasteiger partial charge in [0.2, 0.25) is 0 Å². The smallest absolute Gasteiger partial charge is 0.255 e. The molecule has 0 atom stereocenters. The zero-order valence-electron chi connectivity index (χ0n) is 14.0. The molecule has 0 aliphatic carbocycles. The van der Waals surface area contributed by atoms with Gasteiger partial charge in [0.1, 0.15) is 5.82 Å². The second kappa shape index (κ2) is 5.87. The second-order valence-corrected chi connectivity index (χ2v) is 6.71. The minimum Gasteiger partial charge on any atom is -0.310 e. The topological polar surface area (TPSA) is 77.7 Å². The molecule has 1 aliphatic rings. The molecule has 0 spiro atoms. The van der Waals surface area contributed by atoms with Crippen LogP contribution in [0, 0.1) is 0 Å². The lowest BCUT2D eigenvalue weighted by Crippen LogP contribution is -2.36. The Morgan fingerprint density at radius 1 is 1.29 bits per heavy atom. The Kier molecular flexibility index (Phi) is 3.69. The van der Waals surface area contributed by atoms with Crippen LogP contribution in [-0.2, 0) is 19.5 Å². The molecule has 0 radical (unpaired) electrons. The Bertz CT molecular complexity index is 940. The normalized spacial score (nSPS) is 15.1. The summed E-state index contributed by atoms with van der Waals surface area (Å²) < 4.78 is 0. The molecular formula is C18H21N5O. The fraction of sp³-hybridized carbons (Fsp3) is 0.389. The molecule has 0 amide bonds. The van der Waals surface area contributed by atoms with E-state index in [0.717, 1.165) is 53.2 Å². The number of hydrogen-bond acceptors (Lipinski definition) is 4. The third-order valence-corrected chi connectivity index (χ3v) is 4.64. The molecule has 24 heavy (non-hydrogen) atoms. The van der Waals surface area contributed by atoms with Crippen molar-refractivity contribution in [2.45, 2.75) is 39.3 Å². The van der Waals surface area contributed by atoms with Crippen molar-refractivity contribution in [3.63, 3.8) is 0 Å². The van der Waals surface area contributed by atoms with Crippen molar-refractivity contribution in [1.82, 2.24) is 25.1 Å². The fourth-order valence-corrected chi connectivity index (χ4v) is 3.27. The summed E-state index contributed by atoms with van der Waals surface area (Å²) >= 11 is 0. The third-order valence-electron chi connectivity index (χ3n) is 4.64. The number of para-hydroxylation sites is 1. The number of benzene rings is 1. The van der Waals surface area contributed by atoms with Gasteiger partial charge in [0.25, 0.3) is 5.56 Å². The SMILES string of the molecule is CC(C)c1nc2c(c(=O)[nH]1)CN(Cc1[nH]nc3ccccc13)CC2. The summed E-state index contributed by atoms with van der Waals surface area (Å²) in [6.07, 6.45) is 0.811. The molecule has 6 heteroatoms. The zero-order valence-corrected chi connectivity index (χ0v) is 14.0. The minimum absolute atomic E-state index is 0.00266. The number of H-pyrrole nitrogens is 2. The number of aromatic nitrogens is 4. The van der Waals surface area contributed by atoms with E-state index >= 15 is 0 Å². The molecule has 0 saturated carbocycles. The van der Waals surface area contributed by atoms with Gasteiger partial charge in [-0.15, -0.1) is 0 Å². The highest BCUT2D eigenvalue weighted by molar-refractivity contribution is 5.81. The van der Waals surface area contributed by atoms with Crippen LogP contribution in [-0.4, -0.2) is 31.6 Å². The van der Waals surface area contributed by atoms with E-state index in [9.17, 15) is 4.79 Å². The van der Waals surface area contributed by atoms with E-state index in [1.54, 1.807) is 0 Å². The van der Waals surface area contributed by atoms with E-state index in [-0.39, 0.29) is 11.5 Å². The molecule has 0 unspecified atom stereocenters. The van der Waals surface area contributed by atoms with Gasteiger partial charge in [0.05, 0.1) is 22.5 Å². The van der Waals surface area contributed by atoms with Gasteiger partial charge in [-0.25, -0.2) is 4.98 Å². The average Bonchev–Trinajstić information content (AvgIpc) is 2.98. The molecule has 124 valence electrons. The lowest BCUT2D eigenvalue weighted by molar-refractivity contribution is 0.239. The lowest BCUT2D eigenvalue weighted by atomic mass is 10.1. The average molecular weight is 323 g/mol. The molecular weight excluding hydrogens is 302 g/mol. The van der Waals surface area contributed by atoms with E-state index in [1.165, 1.54) is 0 Å². The van der Waals surface area contributed by atoms with Crippen molar-refractivity contribution in [1.29, 1.82) is 0 Å². The van der Waals surface area contributed by atoms with Gasteiger partial charge in [-0.1, -0.05) is 32.0 Å². The van der Waals surface area contributed by atoms with E-state index < -0.39 is 0 Å². The Balaban J connectivity index is 1.59. The van der Waals surface area contributed by atoms with Crippen LogP contribution >= 0.6 is 0 Å². The molecule has 0 fully saturated rings. The van der Waals surface area contributed by atoms with Crippen molar-refractivity contribution in [2.75, 3.05) is 6.54 Å². The van der Waals surface area contributed by atoms with Crippen LogP contribution in [0.5, 0.6) is 0 Å². The van der Waals surface area contributed by atoms with Gasteiger partial charge in [-0.2, -0.15) is 5.10 Å².